The molecule has 17 heavy (non-hydrogen) atoms. The van der Waals surface area contributed by atoms with Gasteiger partial charge in [-0.1, -0.05) is 40.5 Å². The Morgan fingerprint density at radius 2 is 1.88 bits per heavy atom. The van der Waals surface area contributed by atoms with E-state index in [1.54, 1.807) is 0 Å². The van der Waals surface area contributed by atoms with Gasteiger partial charge in [-0.05, 0) is 31.1 Å². The summed E-state index contributed by atoms with van der Waals surface area (Å²) in [5, 5.41) is 3.66. The van der Waals surface area contributed by atoms with Crippen LogP contribution in [0.3, 0.4) is 0 Å². The predicted molar refractivity (Wildman–Crippen MR) is 72.2 cm³/mol. The highest BCUT2D eigenvalue weighted by molar-refractivity contribution is 5.01. The van der Waals surface area contributed by atoms with Gasteiger partial charge in [-0.3, -0.25) is 0 Å². The molecule has 2 heteroatoms. The molecular weight excluding hydrogens is 210 g/mol. The van der Waals surface area contributed by atoms with Crippen molar-refractivity contribution >= 4 is 0 Å². The first-order valence-electron chi connectivity index (χ1n) is 7.48. The monoisotopic (exact) mass is 239 g/mol. The van der Waals surface area contributed by atoms with Crippen LogP contribution in [0.2, 0.25) is 0 Å². The van der Waals surface area contributed by atoms with Crippen molar-refractivity contribution in [2.75, 3.05) is 13.1 Å². The smallest absolute Gasteiger partial charge is 0.0842 e. The van der Waals surface area contributed by atoms with Crippen LogP contribution in [-0.4, -0.2) is 24.3 Å². The molecule has 2 rings (SSSR count). The molecule has 0 bridgehead atoms. The Morgan fingerprint density at radius 3 is 2.53 bits per heavy atom. The lowest BCUT2D eigenvalue weighted by Crippen LogP contribution is -2.64. The molecule has 100 valence electrons. The van der Waals surface area contributed by atoms with Crippen LogP contribution in [0, 0.1) is 11.8 Å². The Kier molecular flexibility index (Phi) is 3.84. The summed E-state index contributed by atoms with van der Waals surface area (Å²) in [6.45, 7) is 11.4. The topological polar surface area (TPSA) is 21.3 Å². The van der Waals surface area contributed by atoms with Gasteiger partial charge in [0, 0.05) is 13.1 Å². The molecule has 2 nitrogen and oxygen atoms in total. The molecule has 1 aliphatic heterocycles. The van der Waals surface area contributed by atoms with E-state index in [4.69, 9.17) is 4.74 Å². The highest BCUT2D eigenvalue weighted by Crippen LogP contribution is 2.44. The number of nitrogens with one attached hydrogen (secondary N) is 1. The number of hydrogen-bond donors (Lipinski definition) is 1. The fraction of sp³-hybridized carbons (Fsp3) is 1.00. The SMILES string of the molecule is CCC1(CC)CNCC2(CCCC(C)C2C)O1. The summed E-state index contributed by atoms with van der Waals surface area (Å²) in [5.41, 5.74) is 0.200. The summed E-state index contributed by atoms with van der Waals surface area (Å²) in [7, 11) is 0. The molecule has 1 heterocycles. The van der Waals surface area contributed by atoms with E-state index in [1.165, 1.54) is 19.3 Å². The highest BCUT2D eigenvalue weighted by Gasteiger charge is 2.49. The molecule has 3 unspecified atom stereocenters. The molecule has 0 radical (unpaired) electrons. The van der Waals surface area contributed by atoms with E-state index in [1.807, 2.05) is 0 Å². The van der Waals surface area contributed by atoms with Gasteiger partial charge in [-0.25, -0.2) is 0 Å². The second kappa shape index (κ2) is 4.89. The molecule has 1 saturated carbocycles. The minimum atomic E-state index is 0.0869. The van der Waals surface area contributed by atoms with Crippen molar-refractivity contribution < 1.29 is 4.74 Å². The van der Waals surface area contributed by atoms with Gasteiger partial charge in [0.1, 0.15) is 0 Å². The van der Waals surface area contributed by atoms with E-state index in [9.17, 15) is 0 Å². The standard InChI is InChI=1S/C15H29NO/c1-5-14(6-2)10-16-11-15(17-14)9-7-8-12(3)13(15)4/h12-13,16H,5-11H2,1-4H3. The van der Waals surface area contributed by atoms with Gasteiger partial charge in [0.15, 0.2) is 0 Å². The molecular formula is C15H29NO. The average molecular weight is 239 g/mol. The minimum Gasteiger partial charge on any atom is -0.366 e. The van der Waals surface area contributed by atoms with Gasteiger partial charge in [0.25, 0.3) is 0 Å². The lowest BCUT2D eigenvalue weighted by atomic mass is 9.69. The normalized spacial score (nSPS) is 41.6. The van der Waals surface area contributed by atoms with Gasteiger partial charge in [-0.2, -0.15) is 0 Å². The van der Waals surface area contributed by atoms with E-state index >= 15 is 0 Å². The third-order valence-corrected chi connectivity index (χ3v) is 5.52. The van der Waals surface area contributed by atoms with Crippen molar-refractivity contribution in [3.05, 3.63) is 0 Å². The minimum absolute atomic E-state index is 0.0869. The van der Waals surface area contributed by atoms with E-state index in [0.29, 0.717) is 5.92 Å². The molecule has 1 spiro atoms. The van der Waals surface area contributed by atoms with Crippen molar-refractivity contribution in [3.63, 3.8) is 0 Å². The summed E-state index contributed by atoms with van der Waals surface area (Å²) in [5.74, 6) is 1.48. The first-order valence-corrected chi connectivity index (χ1v) is 7.48. The van der Waals surface area contributed by atoms with Crippen LogP contribution in [0.25, 0.3) is 0 Å². The van der Waals surface area contributed by atoms with Gasteiger partial charge < -0.3 is 10.1 Å². The molecule has 2 aliphatic rings. The summed E-state index contributed by atoms with van der Waals surface area (Å²) in [6, 6.07) is 0. The summed E-state index contributed by atoms with van der Waals surface area (Å²) in [6.07, 6.45) is 6.19. The molecule has 1 saturated heterocycles. The van der Waals surface area contributed by atoms with E-state index in [-0.39, 0.29) is 11.2 Å². The number of rotatable bonds is 2. The largest absolute Gasteiger partial charge is 0.366 e. The predicted octanol–water partition coefficient (Wildman–Crippen LogP) is 3.36. The van der Waals surface area contributed by atoms with Crippen molar-refractivity contribution in [1.82, 2.24) is 5.32 Å². The highest BCUT2D eigenvalue weighted by atomic mass is 16.5. The maximum Gasteiger partial charge on any atom is 0.0842 e. The molecule has 0 aromatic heterocycles. The fourth-order valence-corrected chi connectivity index (χ4v) is 3.76. The molecule has 3 atom stereocenters. The Balaban J connectivity index is 2.19. The summed E-state index contributed by atoms with van der Waals surface area (Å²) >= 11 is 0. The van der Waals surface area contributed by atoms with E-state index in [2.05, 4.69) is 33.0 Å². The quantitative estimate of drug-likeness (QED) is 0.798. The molecule has 2 fully saturated rings. The van der Waals surface area contributed by atoms with Crippen LogP contribution >= 0.6 is 0 Å². The van der Waals surface area contributed by atoms with Crippen molar-refractivity contribution in [2.24, 2.45) is 11.8 Å². The van der Waals surface area contributed by atoms with Crippen molar-refractivity contribution in [1.29, 1.82) is 0 Å². The Labute approximate surface area is 107 Å². The van der Waals surface area contributed by atoms with Crippen LogP contribution in [0.1, 0.15) is 59.8 Å². The van der Waals surface area contributed by atoms with Crippen LogP contribution in [-0.2, 0) is 4.74 Å². The van der Waals surface area contributed by atoms with E-state index in [0.717, 1.165) is 31.8 Å². The zero-order valence-corrected chi connectivity index (χ0v) is 12.0. The fourth-order valence-electron chi connectivity index (χ4n) is 3.76. The summed E-state index contributed by atoms with van der Waals surface area (Å²) < 4.78 is 6.72. The first-order chi connectivity index (χ1) is 8.07. The molecule has 1 aliphatic carbocycles. The van der Waals surface area contributed by atoms with Crippen molar-refractivity contribution in [3.8, 4) is 0 Å². The zero-order chi connectivity index (χ0) is 12.5. The summed E-state index contributed by atoms with van der Waals surface area (Å²) in [4.78, 5) is 0. The Bertz CT molecular complexity index is 258. The Hall–Kier alpha value is -0.0800. The zero-order valence-electron chi connectivity index (χ0n) is 12.0. The lowest BCUT2D eigenvalue weighted by Gasteiger charge is -2.54. The van der Waals surface area contributed by atoms with Crippen LogP contribution in [0.5, 0.6) is 0 Å². The number of ether oxygens (including phenoxy) is 1. The van der Waals surface area contributed by atoms with E-state index < -0.39 is 0 Å². The molecule has 0 aromatic rings. The van der Waals surface area contributed by atoms with Gasteiger partial charge in [0.05, 0.1) is 11.2 Å². The Morgan fingerprint density at radius 1 is 1.18 bits per heavy atom. The van der Waals surface area contributed by atoms with Crippen LogP contribution in [0.15, 0.2) is 0 Å². The maximum atomic E-state index is 6.72. The third kappa shape index (κ3) is 2.26. The van der Waals surface area contributed by atoms with Gasteiger partial charge in [0.2, 0.25) is 0 Å². The van der Waals surface area contributed by atoms with Crippen LogP contribution < -0.4 is 5.32 Å². The molecule has 0 aromatic carbocycles. The second-order valence-corrected chi connectivity index (χ2v) is 6.32. The second-order valence-electron chi connectivity index (χ2n) is 6.32. The molecule has 0 amide bonds. The number of hydrogen-bond acceptors (Lipinski definition) is 2. The third-order valence-electron chi connectivity index (χ3n) is 5.52. The first kappa shape index (κ1) is 13.4. The number of morpholine rings is 1. The van der Waals surface area contributed by atoms with Gasteiger partial charge >= 0.3 is 0 Å². The van der Waals surface area contributed by atoms with Crippen molar-refractivity contribution in [2.45, 2.75) is 71.0 Å². The maximum absolute atomic E-state index is 6.72. The lowest BCUT2D eigenvalue weighted by molar-refractivity contribution is -0.221. The van der Waals surface area contributed by atoms with Crippen LogP contribution in [0.4, 0.5) is 0 Å². The average Bonchev–Trinajstić information content (AvgIpc) is 2.36. The van der Waals surface area contributed by atoms with Gasteiger partial charge in [-0.15, -0.1) is 0 Å². The molecule has 1 N–H and O–H groups in total.